The molecule has 0 N–H and O–H groups in total. The summed E-state index contributed by atoms with van der Waals surface area (Å²) < 4.78 is 27.1. The molecule has 0 saturated carbocycles. The number of benzene rings is 2. The molecule has 7 heteroatoms. The maximum Gasteiger partial charge on any atom is 0.243 e. The molecule has 1 fully saturated rings. The lowest BCUT2D eigenvalue weighted by Gasteiger charge is -2.35. The smallest absolute Gasteiger partial charge is 0.243 e. The number of hydrogen-bond donors (Lipinski definition) is 0. The van der Waals surface area contributed by atoms with Crippen LogP contribution in [0.15, 0.2) is 47.4 Å². The van der Waals surface area contributed by atoms with Crippen molar-refractivity contribution in [2.45, 2.75) is 18.7 Å². The van der Waals surface area contributed by atoms with E-state index in [1.807, 2.05) is 19.1 Å². The van der Waals surface area contributed by atoms with Crippen LogP contribution >= 0.6 is 11.6 Å². The maximum absolute atomic E-state index is 12.8. The normalized spacial score (nSPS) is 15.9. The molecule has 1 aliphatic rings. The number of Topliss-reactive ketones (excluding diaryl/α,β-unsaturated/α-hetero) is 1. The molecule has 3 rings (SSSR count). The maximum atomic E-state index is 12.8. The van der Waals surface area contributed by atoms with Gasteiger partial charge in [-0.05, 0) is 55.8 Å². The molecule has 2 aromatic rings. The van der Waals surface area contributed by atoms with Crippen molar-refractivity contribution in [1.82, 2.24) is 4.31 Å². The van der Waals surface area contributed by atoms with E-state index >= 15 is 0 Å². The molecule has 2 aromatic carbocycles. The number of aryl methyl sites for hydroxylation is 1. The molecular formula is C19H21ClN2O3S. The Kier molecular flexibility index (Phi) is 5.37. The summed E-state index contributed by atoms with van der Waals surface area (Å²) in [6.45, 7) is 5.38. The number of hydrogen-bond acceptors (Lipinski definition) is 4. The molecule has 0 atom stereocenters. The summed E-state index contributed by atoms with van der Waals surface area (Å²) in [7, 11) is -3.55. The second kappa shape index (κ2) is 7.39. The molecule has 0 amide bonds. The highest BCUT2D eigenvalue weighted by molar-refractivity contribution is 7.89. The van der Waals surface area contributed by atoms with Gasteiger partial charge in [0.05, 0.1) is 4.90 Å². The third-order valence-corrected chi connectivity index (χ3v) is 6.96. The summed E-state index contributed by atoms with van der Waals surface area (Å²) in [6, 6.07) is 12.2. The van der Waals surface area contributed by atoms with Gasteiger partial charge >= 0.3 is 0 Å². The molecular weight excluding hydrogens is 372 g/mol. The van der Waals surface area contributed by atoms with Crippen LogP contribution in [0.1, 0.15) is 22.8 Å². The van der Waals surface area contributed by atoms with Gasteiger partial charge in [0.1, 0.15) is 0 Å². The fourth-order valence-electron chi connectivity index (χ4n) is 2.98. The molecule has 1 aliphatic heterocycles. The van der Waals surface area contributed by atoms with Gasteiger partial charge in [-0.2, -0.15) is 4.31 Å². The second-order valence-corrected chi connectivity index (χ2v) is 8.75. The summed E-state index contributed by atoms with van der Waals surface area (Å²) in [5.41, 5.74) is 2.51. The monoisotopic (exact) mass is 392 g/mol. The van der Waals surface area contributed by atoms with Crippen LogP contribution in [0.3, 0.4) is 0 Å². The third-order valence-electron chi connectivity index (χ3n) is 4.66. The van der Waals surface area contributed by atoms with Crippen LogP contribution in [0.5, 0.6) is 0 Å². The lowest BCUT2D eigenvalue weighted by atomic mass is 10.1. The molecule has 5 nitrogen and oxygen atoms in total. The molecule has 138 valence electrons. The van der Waals surface area contributed by atoms with E-state index in [-0.39, 0.29) is 10.7 Å². The molecule has 26 heavy (non-hydrogen) atoms. The Balaban J connectivity index is 1.71. The van der Waals surface area contributed by atoms with Crippen molar-refractivity contribution in [3.63, 3.8) is 0 Å². The summed E-state index contributed by atoms with van der Waals surface area (Å²) in [6.07, 6.45) is 0. The van der Waals surface area contributed by atoms with Crippen molar-refractivity contribution in [3.8, 4) is 0 Å². The van der Waals surface area contributed by atoms with Crippen LogP contribution in [0.4, 0.5) is 5.69 Å². The van der Waals surface area contributed by atoms with Gasteiger partial charge in [0.2, 0.25) is 10.0 Å². The highest BCUT2D eigenvalue weighted by Gasteiger charge is 2.28. The van der Waals surface area contributed by atoms with E-state index in [0.717, 1.165) is 11.3 Å². The van der Waals surface area contributed by atoms with Crippen LogP contribution in [-0.2, 0) is 10.0 Å². The first-order valence-corrected chi connectivity index (χ1v) is 10.2. The quantitative estimate of drug-likeness (QED) is 0.748. The first-order valence-electron chi connectivity index (χ1n) is 8.41. The minimum absolute atomic E-state index is 0.0317. The van der Waals surface area contributed by atoms with Crippen LogP contribution in [0.25, 0.3) is 0 Å². The van der Waals surface area contributed by atoms with Crippen LogP contribution in [-0.4, -0.2) is 44.7 Å². The van der Waals surface area contributed by atoms with Gasteiger partial charge in [-0.15, -0.1) is 0 Å². The largest absolute Gasteiger partial charge is 0.369 e. The lowest BCUT2D eigenvalue weighted by Crippen LogP contribution is -2.48. The van der Waals surface area contributed by atoms with Crippen molar-refractivity contribution in [3.05, 3.63) is 58.6 Å². The van der Waals surface area contributed by atoms with Crippen molar-refractivity contribution in [2.24, 2.45) is 0 Å². The predicted octanol–water partition coefficient (Wildman–Crippen LogP) is 3.36. The first kappa shape index (κ1) is 18.9. The highest BCUT2D eigenvalue weighted by Crippen LogP contribution is 2.25. The van der Waals surface area contributed by atoms with E-state index in [0.29, 0.717) is 36.8 Å². The number of sulfonamides is 1. The minimum Gasteiger partial charge on any atom is -0.369 e. The Bertz CT molecular complexity index is 918. The van der Waals surface area contributed by atoms with Crippen LogP contribution in [0.2, 0.25) is 5.02 Å². The van der Waals surface area contributed by atoms with E-state index in [2.05, 4.69) is 4.90 Å². The van der Waals surface area contributed by atoms with E-state index in [1.54, 1.807) is 24.3 Å². The van der Waals surface area contributed by atoms with Gasteiger partial charge in [0.25, 0.3) is 0 Å². The zero-order chi connectivity index (χ0) is 18.9. The number of halogens is 1. The van der Waals surface area contributed by atoms with Crippen molar-refractivity contribution in [2.75, 3.05) is 31.1 Å². The van der Waals surface area contributed by atoms with Gasteiger partial charge in [-0.25, -0.2) is 8.42 Å². The number of piperazine rings is 1. The van der Waals surface area contributed by atoms with Gasteiger partial charge in [0.15, 0.2) is 5.78 Å². The number of nitrogens with zero attached hydrogens (tertiary/aromatic N) is 2. The zero-order valence-corrected chi connectivity index (χ0v) is 16.3. The lowest BCUT2D eigenvalue weighted by molar-refractivity contribution is 0.101. The molecule has 0 aliphatic carbocycles. The highest BCUT2D eigenvalue weighted by atomic mass is 35.5. The summed E-state index contributed by atoms with van der Waals surface area (Å²) in [5, 5.41) is 0.454. The van der Waals surface area contributed by atoms with E-state index in [1.165, 1.54) is 17.3 Å². The fraction of sp³-hybridized carbons (Fsp3) is 0.316. The standard InChI is InChI=1S/C19H21ClN2O3S/c1-14-3-8-18(13-19(14)20)26(24,25)22-11-9-21(10-12-22)17-6-4-16(5-7-17)15(2)23/h3-8,13H,9-12H2,1-2H3. The molecule has 0 radical (unpaired) electrons. The van der Waals surface area contributed by atoms with Gasteiger partial charge in [-0.1, -0.05) is 17.7 Å². The predicted molar refractivity (Wildman–Crippen MR) is 104 cm³/mol. The first-order chi connectivity index (χ1) is 12.3. The third kappa shape index (κ3) is 3.77. The Labute approximate surface area is 159 Å². The number of carbonyl (C=O) groups is 1. The Morgan fingerprint density at radius 2 is 1.62 bits per heavy atom. The topological polar surface area (TPSA) is 57.7 Å². The van der Waals surface area contributed by atoms with Gasteiger partial charge < -0.3 is 4.90 Å². The van der Waals surface area contributed by atoms with Crippen molar-refractivity contribution >= 4 is 33.1 Å². The number of carbonyl (C=O) groups excluding carboxylic acids is 1. The number of rotatable bonds is 4. The molecule has 1 saturated heterocycles. The molecule has 1 heterocycles. The fourth-order valence-corrected chi connectivity index (χ4v) is 4.67. The molecule has 0 unspecified atom stereocenters. The summed E-state index contributed by atoms with van der Waals surface area (Å²) in [4.78, 5) is 13.7. The van der Waals surface area contributed by atoms with Gasteiger partial charge in [-0.3, -0.25) is 4.79 Å². The van der Waals surface area contributed by atoms with E-state index < -0.39 is 10.0 Å². The molecule has 0 aromatic heterocycles. The van der Waals surface area contributed by atoms with E-state index in [4.69, 9.17) is 11.6 Å². The summed E-state index contributed by atoms with van der Waals surface area (Å²) in [5.74, 6) is 0.0317. The Morgan fingerprint density at radius 1 is 1.00 bits per heavy atom. The summed E-state index contributed by atoms with van der Waals surface area (Å²) >= 11 is 6.08. The van der Waals surface area contributed by atoms with E-state index in [9.17, 15) is 13.2 Å². The number of ketones is 1. The van der Waals surface area contributed by atoms with Gasteiger partial charge in [0, 0.05) is 42.5 Å². The average Bonchev–Trinajstić information content (AvgIpc) is 2.64. The zero-order valence-electron chi connectivity index (χ0n) is 14.8. The minimum atomic E-state index is -3.55. The Morgan fingerprint density at radius 3 is 2.15 bits per heavy atom. The average molecular weight is 393 g/mol. The van der Waals surface area contributed by atoms with Crippen LogP contribution < -0.4 is 4.90 Å². The number of anilines is 1. The Hall–Kier alpha value is -1.89. The molecule has 0 bridgehead atoms. The SMILES string of the molecule is CC(=O)c1ccc(N2CCN(S(=O)(=O)c3ccc(C)c(Cl)c3)CC2)cc1. The molecule has 0 spiro atoms. The van der Waals surface area contributed by atoms with Crippen molar-refractivity contribution in [1.29, 1.82) is 0 Å². The van der Waals surface area contributed by atoms with Crippen LogP contribution in [0, 0.1) is 6.92 Å². The second-order valence-electron chi connectivity index (χ2n) is 6.41. The van der Waals surface area contributed by atoms with Crippen molar-refractivity contribution < 1.29 is 13.2 Å².